The van der Waals surface area contributed by atoms with Gasteiger partial charge >= 0.3 is 12.1 Å². The van der Waals surface area contributed by atoms with Gasteiger partial charge in [0.1, 0.15) is 12.6 Å². The van der Waals surface area contributed by atoms with Crippen molar-refractivity contribution in [3.8, 4) is 11.1 Å². The van der Waals surface area contributed by atoms with Gasteiger partial charge in [0.15, 0.2) is 0 Å². The Morgan fingerprint density at radius 1 is 1.03 bits per heavy atom. The van der Waals surface area contributed by atoms with E-state index in [0.29, 0.717) is 25.8 Å². The smallest absolute Gasteiger partial charge is 0.407 e. The van der Waals surface area contributed by atoms with Crippen LogP contribution in [0.2, 0.25) is 0 Å². The van der Waals surface area contributed by atoms with Crippen molar-refractivity contribution >= 4 is 18.0 Å². The number of carboxylic acids is 1. The van der Waals surface area contributed by atoms with Crippen LogP contribution in [-0.4, -0.2) is 42.3 Å². The molecule has 1 aliphatic carbocycles. The third-order valence-corrected chi connectivity index (χ3v) is 5.90. The van der Waals surface area contributed by atoms with E-state index in [1.807, 2.05) is 24.3 Å². The maximum Gasteiger partial charge on any atom is 0.407 e. The molecule has 0 spiro atoms. The Hall–Kier alpha value is -3.35. The molecular formula is C25H30N2O5. The summed E-state index contributed by atoms with van der Waals surface area (Å²) in [4.78, 5) is 35.3. The van der Waals surface area contributed by atoms with E-state index < -0.39 is 18.1 Å². The number of hydrogen-bond acceptors (Lipinski definition) is 4. The van der Waals surface area contributed by atoms with Gasteiger partial charge < -0.3 is 20.5 Å². The Balaban J connectivity index is 1.42. The molecule has 3 N–H and O–H groups in total. The maximum absolute atomic E-state index is 12.2. The van der Waals surface area contributed by atoms with Crippen LogP contribution in [0.5, 0.6) is 0 Å². The highest BCUT2D eigenvalue weighted by Gasteiger charge is 2.29. The molecule has 0 bridgehead atoms. The molecule has 0 fully saturated rings. The molecule has 0 aliphatic heterocycles. The van der Waals surface area contributed by atoms with Crippen molar-refractivity contribution in [2.45, 2.75) is 45.1 Å². The first-order chi connectivity index (χ1) is 15.4. The average molecular weight is 439 g/mol. The van der Waals surface area contributed by atoms with Crippen LogP contribution in [0.4, 0.5) is 4.79 Å². The van der Waals surface area contributed by atoms with Crippen LogP contribution < -0.4 is 10.6 Å². The molecule has 2 unspecified atom stereocenters. The number of amides is 2. The largest absolute Gasteiger partial charge is 0.480 e. The number of carbonyl (C=O) groups is 3. The number of alkyl carbamates (subject to hydrolysis) is 1. The van der Waals surface area contributed by atoms with E-state index in [-0.39, 0.29) is 24.3 Å². The molecule has 170 valence electrons. The summed E-state index contributed by atoms with van der Waals surface area (Å²) in [5.41, 5.74) is 4.68. The number of fused-ring (bicyclic) bond motifs is 3. The minimum absolute atomic E-state index is 0.0117. The van der Waals surface area contributed by atoms with Crippen molar-refractivity contribution in [3.63, 3.8) is 0 Å². The van der Waals surface area contributed by atoms with Gasteiger partial charge in [-0.05, 0) is 41.5 Å². The highest BCUT2D eigenvalue weighted by Crippen LogP contribution is 2.44. The topological polar surface area (TPSA) is 105 Å². The third-order valence-electron chi connectivity index (χ3n) is 5.90. The van der Waals surface area contributed by atoms with Crippen molar-refractivity contribution < 1.29 is 24.2 Å². The van der Waals surface area contributed by atoms with Gasteiger partial charge in [0.05, 0.1) is 0 Å². The van der Waals surface area contributed by atoms with Crippen LogP contribution in [0.1, 0.15) is 50.2 Å². The zero-order valence-electron chi connectivity index (χ0n) is 18.5. The van der Waals surface area contributed by atoms with Crippen molar-refractivity contribution in [1.82, 2.24) is 10.6 Å². The van der Waals surface area contributed by atoms with E-state index in [1.54, 1.807) is 13.8 Å². The lowest BCUT2D eigenvalue weighted by Gasteiger charge is -2.17. The molecule has 0 saturated carbocycles. The van der Waals surface area contributed by atoms with Gasteiger partial charge in [-0.1, -0.05) is 62.4 Å². The van der Waals surface area contributed by atoms with E-state index >= 15 is 0 Å². The predicted molar refractivity (Wildman–Crippen MR) is 121 cm³/mol. The molecule has 1 aliphatic rings. The Labute approximate surface area is 188 Å². The highest BCUT2D eigenvalue weighted by molar-refractivity contribution is 5.84. The van der Waals surface area contributed by atoms with Crippen molar-refractivity contribution in [3.05, 3.63) is 59.7 Å². The van der Waals surface area contributed by atoms with Crippen molar-refractivity contribution in [2.75, 3.05) is 13.2 Å². The van der Waals surface area contributed by atoms with Crippen LogP contribution >= 0.6 is 0 Å². The number of aliphatic carboxylic acids is 1. The predicted octanol–water partition coefficient (Wildman–Crippen LogP) is 3.92. The molecule has 0 aromatic heterocycles. The van der Waals surface area contributed by atoms with Crippen molar-refractivity contribution in [2.24, 2.45) is 5.92 Å². The lowest BCUT2D eigenvalue weighted by molar-refractivity contribution is -0.142. The Morgan fingerprint density at radius 2 is 1.62 bits per heavy atom. The second-order valence-electron chi connectivity index (χ2n) is 8.10. The van der Waals surface area contributed by atoms with Gasteiger partial charge in [-0.15, -0.1) is 0 Å². The number of rotatable bonds is 10. The minimum atomic E-state index is -1.04. The molecule has 2 aromatic carbocycles. The third kappa shape index (κ3) is 5.46. The van der Waals surface area contributed by atoms with E-state index in [4.69, 9.17) is 9.84 Å². The number of nitrogens with one attached hydrogen (secondary N) is 2. The first kappa shape index (κ1) is 23.3. The highest BCUT2D eigenvalue weighted by atomic mass is 16.5. The summed E-state index contributed by atoms with van der Waals surface area (Å²) in [6, 6.07) is 15.5. The van der Waals surface area contributed by atoms with Gasteiger partial charge in [-0.2, -0.15) is 0 Å². The fourth-order valence-electron chi connectivity index (χ4n) is 4.03. The number of benzene rings is 2. The summed E-state index contributed by atoms with van der Waals surface area (Å²) in [7, 11) is 0. The summed E-state index contributed by atoms with van der Waals surface area (Å²) in [5, 5.41) is 14.3. The van der Waals surface area contributed by atoms with E-state index in [1.165, 1.54) is 11.1 Å². The second kappa shape index (κ2) is 10.8. The number of carboxylic acid groups (broad SMARTS) is 1. The zero-order chi connectivity index (χ0) is 23.1. The Bertz CT molecular complexity index is 929. The zero-order valence-corrected chi connectivity index (χ0v) is 18.5. The lowest BCUT2D eigenvalue weighted by Crippen LogP contribution is -2.42. The van der Waals surface area contributed by atoms with E-state index in [0.717, 1.165) is 11.1 Å². The summed E-state index contributed by atoms with van der Waals surface area (Å²) < 4.78 is 5.49. The molecule has 0 saturated heterocycles. The summed E-state index contributed by atoms with van der Waals surface area (Å²) in [6.07, 6.45) is 0.964. The number of ether oxygens (including phenoxy) is 1. The minimum Gasteiger partial charge on any atom is -0.480 e. The van der Waals surface area contributed by atoms with Crippen LogP contribution in [0.15, 0.2) is 48.5 Å². The van der Waals surface area contributed by atoms with Gasteiger partial charge in [0, 0.05) is 18.4 Å². The lowest BCUT2D eigenvalue weighted by atomic mass is 9.98. The first-order valence-electron chi connectivity index (χ1n) is 11.0. The molecule has 2 aromatic rings. The Morgan fingerprint density at radius 3 is 2.19 bits per heavy atom. The van der Waals surface area contributed by atoms with Crippen LogP contribution in [-0.2, 0) is 14.3 Å². The monoisotopic (exact) mass is 438 g/mol. The molecule has 7 heteroatoms. The fraction of sp³-hybridized carbons (Fsp3) is 0.400. The van der Waals surface area contributed by atoms with Crippen LogP contribution in [0.3, 0.4) is 0 Å². The normalized spacial score (nSPS) is 14.1. The van der Waals surface area contributed by atoms with Crippen molar-refractivity contribution in [1.29, 1.82) is 0 Å². The molecular weight excluding hydrogens is 408 g/mol. The summed E-state index contributed by atoms with van der Waals surface area (Å²) in [5.74, 6) is -1.66. The maximum atomic E-state index is 12.2. The van der Waals surface area contributed by atoms with E-state index in [9.17, 15) is 14.4 Å². The molecule has 7 nitrogen and oxygen atoms in total. The number of hydrogen-bond donors (Lipinski definition) is 3. The van der Waals surface area contributed by atoms with Crippen LogP contribution in [0.25, 0.3) is 11.1 Å². The number of carbonyl (C=O) groups excluding carboxylic acids is 2. The molecule has 2 atom stereocenters. The standard InChI is InChI=1S/C25H30N2O5/c1-3-22(24(29)30)27-23(28)16(2)9-8-14-26-25(31)32-15-21-19-12-6-4-10-17(19)18-11-5-7-13-20(18)21/h4-7,10-13,16,21-22H,3,8-9,14-15H2,1-2H3,(H,26,31)(H,27,28)(H,29,30). The van der Waals surface area contributed by atoms with Gasteiger partial charge in [-0.25, -0.2) is 9.59 Å². The summed E-state index contributed by atoms with van der Waals surface area (Å²) in [6.45, 7) is 4.09. The quantitative estimate of drug-likeness (QED) is 0.488. The average Bonchev–Trinajstić information content (AvgIpc) is 3.12. The molecule has 2 amide bonds. The SMILES string of the molecule is CCC(NC(=O)C(C)CCCNC(=O)OCC1c2ccccc2-c2ccccc21)C(=O)O. The van der Waals surface area contributed by atoms with Gasteiger partial charge in [-0.3, -0.25) is 4.79 Å². The molecule has 0 radical (unpaired) electrons. The molecule has 32 heavy (non-hydrogen) atoms. The molecule has 3 rings (SSSR count). The van der Waals surface area contributed by atoms with Gasteiger partial charge in [0.2, 0.25) is 5.91 Å². The second-order valence-corrected chi connectivity index (χ2v) is 8.10. The van der Waals surface area contributed by atoms with E-state index in [2.05, 4.69) is 34.9 Å². The Kier molecular flexibility index (Phi) is 7.87. The first-order valence-corrected chi connectivity index (χ1v) is 11.0. The summed E-state index contributed by atoms with van der Waals surface area (Å²) >= 11 is 0. The van der Waals surface area contributed by atoms with Gasteiger partial charge in [0.25, 0.3) is 0 Å². The fourth-order valence-corrected chi connectivity index (χ4v) is 4.03. The molecule has 0 heterocycles. The van der Waals surface area contributed by atoms with Crippen LogP contribution in [0, 0.1) is 5.92 Å².